The number of carbonyl (C=O) groups excluding carboxylic acids is 2. The number of thiophene rings is 1. The molecule has 0 unspecified atom stereocenters. The van der Waals surface area contributed by atoms with Crippen LogP contribution in [0.1, 0.15) is 42.5 Å². The Bertz CT molecular complexity index is 1200. The number of Topliss-reactive ketones (excluding diaryl/α,β-unsaturated/α-hetero) is 1. The van der Waals surface area contributed by atoms with Crippen molar-refractivity contribution in [3.63, 3.8) is 0 Å². The zero-order chi connectivity index (χ0) is 22.1. The fourth-order valence-electron chi connectivity index (χ4n) is 3.22. The number of sulfone groups is 1. The van der Waals surface area contributed by atoms with E-state index in [1.165, 1.54) is 17.0 Å². The Morgan fingerprint density at radius 1 is 1.07 bits per heavy atom. The molecule has 0 aliphatic heterocycles. The zero-order valence-corrected chi connectivity index (χ0v) is 18.9. The van der Waals surface area contributed by atoms with E-state index in [1.54, 1.807) is 30.4 Å². The van der Waals surface area contributed by atoms with Crippen molar-refractivity contribution in [1.82, 2.24) is 4.57 Å². The maximum absolute atomic E-state index is 12.7. The highest BCUT2D eigenvalue weighted by molar-refractivity contribution is 7.90. The molecule has 0 saturated carbocycles. The maximum Gasteiger partial charge on any atom is 0.338 e. The predicted molar refractivity (Wildman–Crippen MR) is 116 cm³/mol. The molecule has 0 aliphatic rings. The van der Waals surface area contributed by atoms with E-state index in [2.05, 4.69) is 4.57 Å². The lowest BCUT2D eigenvalue weighted by molar-refractivity contribution is 0.0473. The standard InChI is InChI=1S/C22H23NO5S2/c1-14-7-8-18(30(4,26)27)11-19(14)22(25)28-13-21(24)20-10-15(2)23(16(20)3)12-17-6-5-9-29-17/h5-11H,12-13H2,1-4H3. The molecule has 2 heterocycles. The predicted octanol–water partition coefficient (Wildman–Crippen LogP) is 3.97. The number of carbonyl (C=O) groups is 2. The van der Waals surface area contributed by atoms with Gasteiger partial charge < -0.3 is 9.30 Å². The molecule has 0 fully saturated rings. The molecule has 6 nitrogen and oxygen atoms in total. The molecule has 0 amide bonds. The van der Waals surface area contributed by atoms with Gasteiger partial charge in [0.1, 0.15) is 0 Å². The van der Waals surface area contributed by atoms with Gasteiger partial charge in [0.25, 0.3) is 0 Å². The summed E-state index contributed by atoms with van der Waals surface area (Å²) in [4.78, 5) is 26.4. The third-order valence-electron chi connectivity index (χ3n) is 4.96. The van der Waals surface area contributed by atoms with Gasteiger partial charge in [0, 0.05) is 28.1 Å². The molecule has 3 aromatic rings. The summed E-state index contributed by atoms with van der Waals surface area (Å²) in [5.74, 6) is -1.02. The third kappa shape index (κ3) is 4.71. The Labute approximate surface area is 180 Å². The van der Waals surface area contributed by atoms with Crippen molar-refractivity contribution in [3.8, 4) is 0 Å². The van der Waals surface area contributed by atoms with Crippen LogP contribution in [0.2, 0.25) is 0 Å². The molecular formula is C22H23NO5S2. The lowest BCUT2D eigenvalue weighted by atomic mass is 10.1. The highest BCUT2D eigenvalue weighted by Crippen LogP contribution is 2.21. The van der Waals surface area contributed by atoms with Gasteiger partial charge in [-0.05, 0) is 56.0 Å². The Balaban J connectivity index is 1.74. The Kier molecular flexibility index (Phi) is 6.28. The zero-order valence-electron chi connectivity index (χ0n) is 17.3. The molecular weight excluding hydrogens is 422 g/mol. The second kappa shape index (κ2) is 8.57. The molecule has 0 bridgehead atoms. The van der Waals surface area contributed by atoms with Crippen LogP contribution in [0.5, 0.6) is 0 Å². The van der Waals surface area contributed by atoms with Crippen LogP contribution < -0.4 is 0 Å². The molecule has 0 spiro atoms. The largest absolute Gasteiger partial charge is 0.454 e. The first-order valence-corrected chi connectivity index (χ1v) is 12.0. The molecule has 158 valence electrons. The second-order valence-electron chi connectivity index (χ2n) is 7.20. The van der Waals surface area contributed by atoms with Gasteiger partial charge >= 0.3 is 5.97 Å². The van der Waals surface area contributed by atoms with Crippen LogP contribution >= 0.6 is 11.3 Å². The highest BCUT2D eigenvalue weighted by Gasteiger charge is 2.20. The van der Waals surface area contributed by atoms with E-state index in [4.69, 9.17) is 4.74 Å². The molecule has 0 saturated heterocycles. The van der Waals surface area contributed by atoms with Crippen LogP contribution in [-0.2, 0) is 21.1 Å². The number of aryl methyl sites for hydroxylation is 2. The van der Waals surface area contributed by atoms with Gasteiger partial charge in [0.05, 0.1) is 17.0 Å². The van der Waals surface area contributed by atoms with Gasteiger partial charge in [0.2, 0.25) is 5.78 Å². The number of esters is 1. The van der Waals surface area contributed by atoms with Gasteiger partial charge in [-0.15, -0.1) is 11.3 Å². The van der Waals surface area contributed by atoms with Gasteiger partial charge in [-0.1, -0.05) is 12.1 Å². The van der Waals surface area contributed by atoms with E-state index >= 15 is 0 Å². The summed E-state index contributed by atoms with van der Waals surface area (Å²) in [5, 5.41) is 2.01. The summed E-state index contributed by atoms with van der Waals surface area (Å²) in [7, 11) is -3.46. The van der Waals surface area contributed by atoms with E-state index in [0.717, 1.165) is 17.6 Å². The highest BCUT2D eigenvalue weighted by atomic mass is 32.2. The molecule has 0 atom stereocenters. The summed E-state index contributed by atoms with van der Waals surface area (Å²) in [6.45, 7) is 5.76. The number of hydrogen-bond donors (Lipinski definition) is 0. The van der Waals surface area contributed by atoms with E-state index in [-0.39, 0.29) is 16.2 Å². The number of aromatic nitrogens is 1. The topological polar surface area (TPSA) is 82.4 Å². The monoisotopic (exact) mass is 445 g/mol. The first-order chi connectivity index (χ1) is 14.1. The van der Waals surface area contributed by atoms with Crippen LogP contribution in [0.3, 0.4) is 0 Å². The Morgan fingerprint density at radius 2 is 1.80 bits per heavy atom. The van der Waals surface area contributed by atoms with Crippen molar-refractivity contribution < 1.29 is 22.7 Å². The fraction of sp³-hybridized carbons (Fsp3) is 0.273. The maximum atomic E-state index is 12.7. The molecule has 2 aromatic heterocycles. The second-order valence-corrected chi connectivity index (χ2v) is 10.2. The summed E-state index contributed by atoms with van der Waals surface area (Å²) >= 11 is 1.65. The van der Waals surface area contributed by atoms with E-state index < -0.39 is 22.4 Å². The van der Waals surface area contributed by atoms with Gasteiger partial charge in [0.15, 0.2) is 16.4 Å². The fourth-order valence-corrected chi connectivity index (χ4v) is 4.56. The van der Waals surface area contributed by atoms with Crippen LogP contribution in [0, 0.1) is 20.8 Å². The average molecular weight is 446 g/mol. The lowest BCUT2D eigenvalue weighted by Crippen LogP contribution is -2.16. The minimum absolute atomic E-state index is 0.0310. The summed E-state index contributed by atoms with van der Waals surface area (Å²) in [6, 6.07) is 10.1. The molecule has 1 aromatic carbocycles. The van der Waals surface area contributed by atoms with Gasteiger partial charge in [-0.3, -0.25) is 4.79 Å². The minimum atomic E-state index is -3.46. The first-order valence-electron chi connectivity index (χ1n) is 9.28. The SMILES string of the molecule is Cc1ccc(S(C)(=O)=O)cc1C(=O)OCC(=O)c1cc(C)n(Cc2cccs2)c1C. The Hall–Kier alpha value is -2.71. The van der Waals surface area contributed by atoms with E-state index in [0.29, 0.717) is 17.7 Å². The van der Waals surface area contributed by atoms with Crippen LogP contribution in [0.4, 0.5) is 0 Å². The van der Waals surface area contributed by atoms with Gasteiger partial charge in [-0.2, -0.15) is 0 Å². The number of rotatable bonds is 7. The van der Waals surface area contributed by atoms with Crippen LogP contribution in [0.25, 0.3) is 0 Å². The van der Waals surface area contributed by atoms with Crippen molar-refractivity contribution in [1.29, 1.82) is 0 Å². The van der Waals surface area contributed by atoms with Crippen molar-refractivity contribution in [2.24, 2.45) is 0 Å². The average Bonchev–Trinajstić information content (AvgIpc) is 3.29. The number of ether oxygens (including phenoxy) is 1. The number of ketones is 1. The molecule has 0 aliphatic carbocycles. The normalized spacial score (nSPS) is 11.5. The Morgan fingerprint density at radius 3 is 2.43 bits per heavy atom. The first kappa shape index (κ1) is 22.0. The van der Waals surface area contributed by atoms with Crippen molar-refractivity contribution >= 4 is 32.9 Å². The summed E-state index contributed by atoms with van der Waals surface area (Å²) in [6.07, 6.45) is 1.07. The number of hydrogen-bond acceptors (Lipinski definition) is 6. The van der Waals surface area contributed by atoms with Crippen molar-refractivity contribution in [2.45, 2.75) is 32.2 Å². The molecule has 3 rings (SSSR count). The quantitative estimate of drug-likeness (QED) is 0.406. The number of benzene rings is 1. The van der Waals surface area contributed by atoms with Crippen LogP contribution in [0.15, 0.2) is 46.7 Å². The minimum Gasteiger partial charge on any atom is -0.454 e. The number of nitrogens with zero attached hydrogens (tertiary/aromatic N) is 1. The summed E-state index contributed by atoms with van der Waals surface area (Å²) < 4.78 is 30.8. The molecule has 0 radical (unpaired) electrons. The molecule has 0 N–H and O–H groups in total. The van der Waals surface area contributed by atoms with E-state index in [1.807, 2.05) is 31.4 Å². The smallest absolute Gasteiger partial charge is 0.338 e. The lowest BCUT2D eigenvalue weighted by Gasteiger charge is -2.10. The summed E-state index contributed by atoms with van der Waals surface area (Å²) in [5.41, 5.74) is 2.99. The molecule has 30 heavy (non-hydrogen) atoms. The third-order valence-corrected chi connectivity index (χ3v) is 6.93. The van der Waals surface area contributed by atoms with Gasteiger partial charge in [-0.25, -0.2) is 13.2 Å². The molecule has 8 heteroatoms. The van der Waals surface area contributed by atoms with E-state index in [9.17, 15) is 18.0 Å². The van der Waals surface area contributed by atoms with Crippen molar-refractivity contribution in [2.75, 3.05) is 12.9 Å². The van der Waals surface area contributed by atoms with Crippen molar-refractivity contribution in [3.05, 3.63) is 74.7 Å². The van der Waals surface area contributed by atoms with Crippen LogP contribution in [-0.4, -0.2) is 37.6 Å².